The highest BCUT2D eigenvalue weighted by atomic mass is 16.5. The van der Waals surface area contributed by atoms with E-state index in [1.165, 1.54) is 5.56 Å². The van der Waals surface area contributed by atoms with Crippen molar-refractivity contribution in [3.8, 4) is 5.75 Å². The van der Waals surface area contributed by atoms with Crippen molar-refractivity contribution in [2.75, 3.05) is 6.61 Å². The first-order chi connectivity index (χ1) is 7.81. The van der Waals surface area contributed by atoms with Crippen LogP contribution < -0.4 is 4.74 Å². The van der Waals surface area contributed by atoms with Crippen molar-refractivity contribution in [1.29, 1.82) is 0 Å². The van der Waals surface area contributed by atoms with Gasteiger partial charge in [0, 0.05) is 0 Å². The van der Waals surface area contributed by atoms with E-state index in [2.05, 4.69) is 31.9 Å². The van der Waals surface area contributed by atoms with Crippen LogP contribution in [-0.4, -0.2) is 6.61 Å². The Bertz CT molecular complexity index is 377. The van der Waals surface area contributed by atoms with Gasteiger partial charge in [-0.25, -0.2) is 0 Å². The van der Waals surface area contributed by atoms with Crippen LogP contribution in [0.25, 0.3) is 0 Å². The number of benzene rings is 1. The molecule has 0 amide bonds. The monoisotopic (exact) mass is 214 g/mol. The quantitative estimate of drug-likeness (QED) is 0.629. The smallest absolute Gasteiger partial charge is 0.123 e. The van der Waals surface area contributed by atoms with Gasteiger partial charge in [-0.15, -0.1) is 13.2 Å². The Morgan fingerprint density at radius 1 is 1.00 bits per heavy atom. The molecule has 84 valence electrons. The topological polar surface area (TPSA) is 9.23 Å². The fraction of sp³-hybridized carbons (Fsp3) is 0.200. The van der Waals surface area contributed by atoms with Gasteiger partial charge >= 0.3 is 0 Å². The summed E-state index contributed by atoms with van der Waals surface area (Å²) in [5.41, 5.74) is 2.41. The fourth-order valence-corrected chi connectivity index (χ4v) is 1.53. The number of hydrogen-bond acceptors (Lipinski definition) is 1. The molecule has 0 bridgehead atoms. The summed E-state index contributed by atoms with van der Waals surface area (Å²) in [6.45, 7) is 11.7. The standard InChI is InChI=1S/C15H18O/c1-4-7-13-9-10-15(16-11-6-3)14(12-13)8-5-2/h4-6,9-10,12H,1-3,7-8,11H2. The molecular formula is C15H18O. The maximum absolute atomic E-state index is 5.58. The predicted octanol–water partition coefficient (Wildman–Crippen LogP) is 3.71. The molecule has 1 heteroatoms. The van der Waals surface area contributed by atoms with Crippen LogP contribution in [0.4, 0.5) is 0 Å². The molecule has 0 N–H and O–H groups in total. The van der Waals surface area contributed by atoms with E-state index in [4.69, 9.17) is 4.74 Å². The molecule has 1 aromatic rings. The van der Waals surface area contributed by atoms with E-state index in [1.807, 2.05) is 18.2 Å². The molecular weight excluding hydrogens is 196 g/mol. The molecule has 0 fully saturated rings. The average molecular weight is 214 g/mol. The Balaban J connectivity index is 2.92. The summed E-state index contributed by atoms with van der Waals surface area (Å²) in [4.78, 5) is 0. The highest BCUT2D eigenvalue weighted by Gasteiger charge is 2.02. The second-order valence-corrected chi connectivity index (χ2v) is 3.53. The molecule has 0 aliphatic heterocycles. The molecule has 0 atom stereocenters. The lowest BCUT2D eigenvalue weighted by atomic mass is 10.0. The van der Waals surface area contributed by atoms with Crippen LogP contribution in [0.5, 0.6) is 5.75 Å². The molecule has 0 heterocycles. The number of ether oxygens (including phenoxy) is 1. The molecule has 1 rings (SSSR count). The molecule has 0 unspecified atom stereocenters. The highest BCUT2D eigenvalue weighted by molar-refractivity contribution is 5.39. The van der Waals surface area contributed by atoms with Gasteiger partial charge in [0.15, 0.2) is 0 Å². The largest absolute Gasteiger partial charge is 0.489 e. The van der Waals surface area contributed by atoms with Gasteiger partial charge in [0.1, 0.15) is 12.4 Å². The van der Waals surface area contributed by atoms with Crippen LogP contribution in [0, 0.1) is 0 Å². The summed E-state index contributed by atoms with van der Waals surface area (Å²) in [5, 5.41) is 0. The van der Waals surface area contributed by atoms with E-state index in [0.29, 0.717) is 6.61 Å². The number of rotatable bonds is 7. The van der Waals surface area contributed by atoms with E-state index in [-0.39, 0.29) is 0 Å². The molecule has 0 spiro atoms. The fourth-order valence-electron chi connectivity index (χ4n) is 1.53. The maximum atomic E-state index is 5.58. The third-order valence-electron chi connectivity index (χ3n) is 2.23. The van der Waals surface area contributed by atoms with Crippen LogP contribution in [-0.2, 0) is 12.8 Å². The first kappa shape index (κ1) is 12.3. The van der Waals surface area contributed by atoms with Crippen molar-refractivity contribution >= 4 is 0 Å². The first-order valence-corrected chi connectivity index (χ1v) is 5.39. The van der Waals surface area contributed by atoms with E-state index in [9.17, 15) is 0 Å². The van der Waals surface area contributed by atoms with E-state index in [1.54, 1.807) is 6.08 Å². The molecule has 0 aliphatic carbocycles. The first-order valence-electron chi connectivity index (χ1n) is 5.39. The van der Waals surface area contributed by atoms with Crippen molar-refractivity contribution in [2.45, 2.75) is 12.8 Å². The van der Waals surface area contributed by atoms with Crippen molar-refractivity contribution < 1.29 is 4.74 Å². The molecule has 0 radical (unpaired) electrons. The van der Waals surface area contributed by atoms with Gasteiger partial charge in [-0.05, 0) is 30.0 Å². The summed E-state index contributed by atoms with van der Waals surface area (Å²) < 4.78 is 5.58. The predicted molar refractivity (Wildman–Crippen MR) is 69.9 cm³/mol. The molecule has 1 nitrogen and oxygen atoms in total. The Morgan fingerprint density at radius 2 is 1.75 bits per heavy atom. The van der Waals surface area contributed by atoms with Crippen LogP contribution >= 0.6 is 0 Å². The molecule has 0 aromatic heterocycles. The van der Waals surface area contributed by atoms with Gasteiger partial charge in [-0.2, -0.15) is 0 Å². The summed E-state index contributed by atoms with van der Waals surface area (Å²) in [7, 11) is 0. The van der Waals surface area contributed by atoms with Crippen molar-refractivity contribution in [2.24, 2.45) is 0 Å². The SMILES string of the molecule is C=CCOc1ccc(CC=C)cc1CC=C. The highest BCUT2D eigenvalue weighted by Crippen LogP contribution is 2.21. The van der Waals surface area contributed by atoms with E-state index >= 15 is 0 Å². The van der Waals surface area contributed by atoms with Gasteiger partial charge in [-0.1, -0.05) is 36.9 Å². The van der Waals surface area contributed by atoms with Crippen LogP contribution in [0.15, 0.2) is 56.2 Å². The minimum atomic E-state index is 0.533. The van der Waals surface area contributed by atoms with Crippen LogP contribution in [0.3, 0.4) is 0 Å². The average Bonchev–Trinajstić information content (AvgIpc) is 2.29. The van der Waals surface area contributed by atoms with Crippen molar-refractivity contribution in [3.63, 3.8) is 0 Å². The lowest BCUT2D eigenvalue weighted by Crippen LogP contribution is -1.98. The Kier molecular flexibility index (Phi) is 5.13. The zero-order valence-electron chi connectivity index (χ0n) is 9.61. The summed E-state index contributed by atoms with van der Waals surface area (Å²) >= 11 is 0. The lowest BCUT2D eigenvalue weighted by Gasteiger charge is -2.10. The summed E-state index contributed by atoms with van der Waals surface area (Å²) in [5.74, 6) is 0.910. The van der Waals surface area contributed by atoms with Crippen molar-refractivity contribution in [3.05, 3.63) is 67.3 Å². The normalized spacial score (nSPS) is 9.50. The minimum Gasteiger partial charge on any atom is -0.489 e. The summed E-state index contributed by atoms with van der Waals surface area (Å²) in [6, 6.07) is 6.20. The number of allylic oxidation sites excluding steroid dienone is 2. The van der Waals surface area contributed by atoms with E-state index < -0.39 is 0 Å². The molecule has 16 heavy (non-hydrogen) atoms. The van der Waals surface area contributed by atoms with Crippen molar-refractivity contribution in [1.82, 2.24) is 0 Å². The molecule has 0 aliphatic rings. The summed E-state index contributed by atoms with van der Waals surface area (Å²) in [6.07, 6.45) is 7.23. The Morgan fingerprint density at radius 3 is 2.38 bits per heavy atom. The van der Waals surface area contributed by atoms with Gasteiger partial charge in [0.2, 0.25) is 0 Å². The zero-order valence-corrected chi connectivity index (χ0v) is 9.61. The van der Waals surface area contributed by atoms with Crippen LogP contribution in [0.1, 0.15) is 11.1 Å². The Hall–Kier alpha value is -1.76. The molecule has 0 saturated carbocycles. The maximum Gasteiger partial charge on any atom is 0.123 e. The number of hydrogen-bond donors (Lipinski definition) is 0. The third-order valence-corrected chi connectivity index (χ3v) is 2.23. The van der Waals surface area contributed by atoms with Crippen LogP contribution in [0.2, 0.25) is 0 Å². The zero-order chi connectivity index (χ0) is 11.8. The van der Waals surface area contributed by atoms with Gasteiger partial charge in [0.05, 0.1) is 0 Å². The lowest BCUT2D eigenvalue weighted by molar-refractivity contribution is 0.360. The van der Waals surface area contributed by atoms with E-state index in [0.717, 1.165) is 24.2 Å². The van der Waals surface area contributed by atoms with Gasteiger partial charge in [-0.3, -0.25) is 0 Å². The van der Waals surface area contributed by atoms with Gasteiger partial charge < -0.3 is 4.74 Å². The minimum absolute atomic E-state index is 0.533. The molecule has 0 saturated heterocycles. The second-order valence-electron chi connectivity index (χ2n) is 3.53. The molecule has 1 aromatic carbocycles. The third kappa shape index (κ3) is 3.43. The Labute approximate surface area is 97.8 Å². The second kappa shape index (κ2) is 6.67. The van der Waals surface area contributed by atoms with Gasteiger partial charge in [0.25, 0.3) is 0 Å².